The summed E-state index contributed by atoms with van der Waals surface area (Å²) in [6.07, 6.45) is 4.27. The van der Waals surface area contributed by atoms with Crippen molar-refractivity contribution >= 4 is 27.5 Å². The number of hydrogen-bond acceptors (Lipinski definition) is 3. The van der Waals surface area contributed by atoms with Crippen molar-refractivity contribution in [1.82, 2.24) is 10.3 Å². The lowest BCUT2D eigenvalue weighted by Crippen LogP contribution is -2.16. The number of nitrogens with zero attached hydrogens (tertiary/aromatic N) is 1. The zero-order valence-electron chi connectivity index (χ0n) is 11.7. The molecule has 21 heavy (non-hydrogen) atoms. The molecule has 1 fully saturated rings. The molecule has 5 heteroatoms. The Kier molecular flexibility index (Phi) is 4.48. The molecule has 0 amide bonds. The summed E-state index contributed by atoms with van der Waals surface area (Å²) in [5.74, 6) is 1.42. The number of ether oxygens (including phenoxy) is 1. The van der Waals surface area contributed by atoms with Gasteiger partial charge in [-0.15, -0.1) is 0 Å². The van der Waals surface area contributed by atoms with Gasteiger partial charge in [0.2, 0.25) is 5.88 Å². The second-order valence-electron chi connectivity index (χ2n) is 5.28. The minimum atomic E-state index is 0.636. The number of hydrogen-bond donors (Lipinski definition) is 1. The minimum Gasteiger partial charge on any atom is -0.438 e. The SMILES string of the molecule is Cc1cc(Cl)ccc1Oc1ncc(Br)cc1CNC1CC1. The number of benzene rings is 1. The van der Waals surface area contributed by atoms with Crippen LogP contribution in [0.15, 0.2) is 34.9 Å². The summed E-state index contributed by atoms with van der Waals surface area (Å²) in [5.41, 5.74) is 2.04. The van der Waals surface area contributed by atoms with Gasteiger partial charge in [-0.1, -0.05) is 11.6 Å². The van der Waals surface area contributed by atoms with Gasteiger partial charge in [-0.05, 0) is 65.5 Å². The number of pyridine rings is 1. The maximum Gasteiger partial charge on any atom is 0.223 e. The molecule has 0 radical (unpaired) electrons. The summed E-state index contributed by atoms with van der Waals surface area (Å²) in [5, 5.41) is 4.20. The molecule has 1 N–H and O–H groups in total. The van der Waals surface area contributed by atoms with E-state index < -0.39 is 0 Å². The third-order valence-corrected chi connectivity index (χ3v) is 4.06. The van der Waals surface area contributed by atoms with Crippen molar-refractivity contribution in [2.75, 3.05) is 0 Å². The molecule has 0 aliphatic heterocycles. The van der Waals surface area contributed by atoms with Gasteiger partial charge in [-0.25, -0.2) is 4.98 Å². The summed E-state index contributed by atoms with van der Waals surface area (Å²) < 4.78 is 6.93. The molecule has 0 bridgehead atoms. The predicted octanol–water partition coefficient (Wildman–Crippen LogP) is 4.85. The first-order valence-electron chi connectivity index (χ1n) is 6.93. The maximum atomic E-state index is 5.98. The van der Waals surface area contributed by atoms with E-state index in [9.17, 15) is 0 Å². The van der Waals surface area contributed by atoms with Crippen LogP contribution in [0.3, 0.4) is 0 Å². The van der Waals surface area contributed by atoms with Gasteiger partial charge >= 0.3 is 0 Å². The van der Waals surface area contributed by atoms with Crippen molar-refractivity contribution in [2.45, 2.75) is 32.4 Å². The van der Waals surface area contributed by atoms with Crippen molar-refractivity contribution in [2.24, 2.45) is 0 Å². The van der Waals surface area contributed by atoms with Crippen LogP contribution in [0.4, 0.5) is 0 Å². The van der Waals surface area contributed by atoms with Crippen molar-refractivity contribution < 1.29 is 4.74 Å². The Labute approximate surface area is 137 Å². The average Bonchev–Trinajstić information content (AvgIpc) is 3.26. The van der Waals surface area contributed by atoms with Gasteiger partial charge in [0.05, 0.1) is 0 Å². The van der Waals surface area contributed by atoms with E-state index in [1.165, 1.54) is 12.8 Å². The van der Waals surface area contributed by atoms with Crippen LogP contribution in [0, 0.1) is 6.92 Å². The van der Waals surface area contributed by atoms with Crippen LogP contribution in [-0.4, -0.2) is 11.0 Å². The van der Waals surface area contributed by atoms with Crippen LogP contribution < -0.4 is 10.1 Å². The Morgan fingerprint density at radius 3 is 2.90 bits per heavy atom. The fraction of sp³-hybridized carbons (Fsp3) is 0.312. The van der Waals surface area contributed by atoms with Gasteiger partial charge < -0.3 is 10.1 Å². The fourth-order valence-corrected chi connectivity index (χ4v) is 2.67. The lowest BCUT2D eigenvalue weighted by Gasteiger charge is -2.13. The van der Waals surface area contributed by atoms with Crippen molar-refractivity contribution in [3.8, 4) is 11.6 Å². The largest absolute Gasteiger partial charge is 0.438 e. The number of nitrogens with one attached hydrogen (secondary N) is 1. The highest BCUT2D eigenvalue weighted by atomic mass is 79.9. The second kappa shape index (κ2) is 6.34. The molecule has 110 valence electrons. The van der Waals surface area contributed by atoms with Crippen molar-refractivity contribution in [3.63, 3.8) is 0 Å². The number of aryl methyl sites for hydroxylation is 1. The molecule has 0 unspecified atom stereocenters. The molecule has 1 aromatic carbocycles. The summed E-state index contributed by atoms with van der Waals surface area (Å²) in [7, 11) is 0. The molecule has 0 spiro atoms. The van der Waals surface area contributed by atoms with Crippen LogP contribution >= 0.6 is 27.5 Å². The molecule has 3 nitrogen and oxygen atoms in total. The zero-order valence-corrected chi connectivity index (χ0v) is 14.0. The van der Waals surface area contributed by atoms with Crippen LogP contribution in [0.25, 0.3) is 0 Å². The Morgan fingerprint density at radius 1 is 1.38 bits per heavy atom. The first kappa shape index (κ1) is 14.8. The van der Waals surface area contributed by atoms with E-state index in [1.807, 2.05) is 31.2 Å². The molecular weight excluding hydrogens is 352 g/mol. The highest BCUT2D eigenvalue weighted by molar-refractivity contribution is 9.10. The maximum absolute atomic E-state index is 5.98. The number of rotatable bonds is 5. The first-order valence-corrected chi connectivity index (χ1v) is 8.11. The Hall–Kier alpha value is -1.10. The van der Waals surface area contributed by atoms with E-state index in [-0.39, 0.29) is 0 Å². The summed E-state index contributed by atoms with van der Waals surface area (Å²) >= 11 is 9.44. The van der Waals surface area contributed by atoms with Gasteiger partial charge in [-0.2, -0.15) is 0 Å². The molecular formula is C16H16BrClN2O. The average molecular weight is 368 g/mol. The van der Waals surface area contributed by atoms with Crippen LogP contribution in [0.5, 0.6) is 11.6 Å². The van der Waals surface area contributed by atoms with Gasteiger partial charge in [-0.3, -0.25) is 0 Å². The topological polar surface area (TPSA) is 34.1 Å². The molecule has 1 saturated carbocycles. The molecule has 0 atom stereocenters. The first-order chi connectivity index (χ1) is 10.1. The molecule has 1 aromatic heterocycles. The summed E-state index contributed by atoms with van der Waals surface area (Å²) in [6.45, 7) is 2.74. The quantitative estimate of drug-likeness (QED) is 0.820. The second-order valence-corrected chi connectivity index (χ2v) is 6.64. The van der Waals surface area contributed by atoms with Gasteiger partial charge in [0.25, 0.3) is 0 Å². The van der Waals surface area contributed by atoms with E-state index in [2.05, 4.69) is 26.2 Å². The Bertz CT molecular complexity index is 659. The lowest BCUT2D eigenvalue weighted by atomic mass is 10.2. The van der Waals surface area contributed by atoms with E-state index in [4.69, 9.17) is 16.3 Å². The molecule has 1 aliphatic rings. The summed E-state index contributed by atoms with van der Waals surface area (Å²) in [4.78, 5) is 4.39. The minimum absolute atomic E-state index is 0.636. The molecule has 1 aliphatic carbocycles. The van der Waals surface area contributed by atoms with Gasteiger partial charge in [0.1, 0.15) is 5.75 Å². The van der Waals surface area contributed by atoms with Gasteiger partial charge in [0, 0.05) is 33.8 Å². The van der Waals surface area contributed by atoms with Crippen LogP contribution in [0.2, 0.25) is 5.02 Å². The Morgan fingerprint density at radius 2 is 2.19 bits per heavy atom. The highest BCUT2D eigenvalue weighted by Gasteiger charge is 2.21. The molecule has 3 rings (SSSR count). The Balaban J connectivity index is 1.82. The third-order valence-electron chi connectivity index (χ3n) is 3.39. The standard InChI is InChI=1S/C16H16BrClN2O/c1-10-6-13(18)2-5-15(10)21-16-11(7-12(17)9-20-16)8-19-14-3-4-14/h2,5-7,9,14,19H,3-4,8H2,1H3. The normalized spacial score (nSPS) is 14.2. The predicted molar refractivity (Wildman–Crippen MR) is 88.1 cm³/mol. The van der Waals surface area contributed by atoms with Crippen molar-refractivity contribution in [3.05, 3.63) is 51.1 Å². The van der Waals surface area contributed by atoms with Crippen molar-refractivity contribution in [1.29, 1.82) is 0 Å². The van der Waals surface area contributed by atoms with E-state index in [0.717, 1.165) is 27.9 Å². The van der Waals surface area contributed by atoms with Crippen LogP contribution in [-0.2, 0) is 6.54 Å². The van der Waals surface area contributed by atoms with Gasteiger partial charge in [0.15, 0.2) is 0 Å². The number of aromatic nitrogens is 1. The van der Waals surface area contributed by atoms with E-state index >= 15 is 0 Å². The number of halogens is 2. The monoisotopic (exact) mass is 366 g/mol. The van der Waals surface area contributed by atoms with Crippen LogP contribution in [0.1, 0.15) is 24.0 Å². The molecule has 2 aromatic rings. The fourth-order valence-electron chi connectivity index (χ4n) is 2.06. The van der Waals surface area contributed by atoms with E-state index in [1.54, 1.807) is 6.20 Å². The third kappa shape index (κ3) is 3.96. The lowest BCUT2D eigenvalue weighted by molar-refractivity contribution is 0.449. The highest BCUT2D eigenvalue weighted by Crippen LogP contribution is 2.30. The molecule has 1 heterocycles. The smallest absolute Gasteiger partial charge is 0.223 e. The summed E-state index contributed by atoms with van der Waals surface area (Å²) in [6, 6.07) is 8.28. The van der Waals surface area contributed by atoms with E-state index in [0.29, 0.717) is 16.9 Å². The zero-order chi connectivity index (χ0) is 14.8. The molecule has 0 saturated heterocycles.